The number of fused-ring (bicyclic) bond motifs is 1. The van der Waals surface area contributed by atoms with Gasteiger partial charge in [0.15, 0.2) is 5.75 Å². The number of esters is 1. The molecule has 4 rings (SSSR count). The molecule has 2 aliphatic heterocycles. The first kappa shape index (κ1) is 27.0. The van der Waals surface area contributed by atoms with E-state index in [2.05, 4.69) is 5.32 Å². The fourth-order valence-corrected chi connectivity index (χ4v) is 6.33. The Hall–Kier alpha value is -3.08. The molecule has 1 fully saturated rings. The van der Waals surface area contributed by atoms with Crippen LogP contribution in [0.3, 0.4) is 0 Å². The van der Waals surface area contributed by atoms with Gasteiger partial charge in [0.05, 0.1) is 23.4 Å². The number of carbonyl (C=O) groups excluding carboxylic acids is 1. The maximum atomic E-state index is 13.4. The van der Waals surface area contributed by atoms with Gasteiger partial charge in [-0.05, 0) is 68.6 Å². The number of hydrogen-bond acceptors (Lipinski definition) is 7. The molecule has 0 amide bonds. The smallest absolute Gasteiger partial charge is 0.323 e. The lowest BCUT2D eigenvalue weighted by Gasteiger charge is -2.26. The Balaban J connectivity index is 1.67. The second kappa shape index (κ2) is 11.5. The van der Waals surface area contributed by atoms with Gasteiger partial charge < -0.3 is 20.5 Å². The third-order valence-corrected chi connectivity index (χ3v) is 8.26. The zero-order valence-corrected chi connectivity index (χ0v) is 22.1. The summed E-state index contributed by atoms with van der Waals surface area (Å²) in [6.45, 7) is 3.44. The molecular formula is C26H31ClN4O5S. The van der Waals surface area contributed by atoms with Crippen LogP contribution in [-0.4, -0.2) is 57.8 Å². The predicted octanol–water partition coefficient (Wildman–Crippen LogP) is 3.09. The Kier molecular flexibility index (Phi) is 8.41. The summed E-state index contributed by atoms with van der Waals surface area (Å²) in [5.74, 6) is -1.13. The molecule has 2 aromatic carbocycles. The minimum Gasteiger partial charge on any atom is -0.489 e. The Labute approximate surface area is 222 Å². The van der Waals surface area contributed by atoms with Gasteiger partial charge in [0.2, 0.25) is 10.0 Å². The summed E-state index contributed by atoms with van der Waals surface area (Å²) in [4.78, 5) is 12.1. The number of carbonyl (C=O) groups is 1. The van der Waals surface area contributed by atoms with E-state index < -0.39 is 27.8 Å². The molecule has 9 nitrogen and oxygen atoms in total. The van der Waals surface area contributed by atoms with Crippen LogP contribution in [0.5, 0.6) is 5.75 Å². The van der Waals surface area contributed by atoms with Crippen molar-refractivity contribution in [3.63, 3.8) is 0 Å². The van der Waals surface area contributed by atoms with Crippen LogP contribution in [0.15, 0.2) is 42.5 Å². The predicted molar refractivity (Wildman–Crippen MR) is 145 cm³/mol. The van der Waals surface area contributed by atoms with Crippen molar-refractivity contribution in [3.05, 3.63) is 64.2 Å². The summed E-state index contributed by atoms with van der Waals surface area (Å²) in [7, 11) is -4.08. The van der Waals surface area contributed by atoms with E-state index in [9.17, 15) is 13.2 Å². The van der Waals surface area contributed by atoms with Crippen LogP contribution in [0.1, 0.15) is 36.5 Å². The molecule has 0 radical (unpaired) electrons. The molecule has 198 valence electrons. The van der Waals surface area contributed by atoms with E-state index in [0.717, 1.165) is 37.1 Å². The Morgan fingerprint density at radius 1 is 1.27 bits per heavy atom. The largest absolute Gasteiger partial charge is 0.489 e. The molecule has 0 spiro atoms. The highest BCUT2D eigenvalue weighted by Crippen LogP contribution is 2.42. The molecule has 11 heteroatoms. The number of anilines is 1. The Bertz CT molecular complexity index is 1310. The van der Waals surface area contributed by atoms with Gasteiger partial charge in [-0.3, -0.25) is 14.5 Å². The second-order valence-corrected chi connectivity index (χ2v) is 11.3. The lowest BCUT2D eigenvalue weighted by molar-refractivity contribution is -0.139. The number of halogens is 1. The van der Waals surface area contributed by atoms with Crippen molar-refractivity contribution in [2.24, 2.45) is 5.73 Å². The molecule has 0 aliphatic carbocycles. The molecule has 0 saturated carbocycles. The number of ether oxygens (including phenoxy) is 2. The first-order valence-corrected chi connectivity index (χ1v) is 14.2. The van der Waals surface area contributed by atoms with Crippen molar-refractivity contribution in [2.75, 3.05) is 29.8 Å². The fraction of sp³-hybridized carbons (Fsp3) is 0.385. The lowest BCUT2D eigenvalue weighted by atomic mass is 10.1. The first-order chi connectivity index (χ1) is 17.7. The summed E-state index contributed by atoms with van der Waals surface area (Å²) < 4.78 is 39.2. The van der Waals surface area contributed by atoms with Crippen LogP contribution in [-0.2, 0) is 26.0 Å². The normalized spacial score (nSPS) is 18.1. The average Bonchev–Trinajstić information content (AvgIpc) is 3.21. The van der Waals surface area contributed by atoms with E-state index in [0.29, 0.717) is 28.4 Å². The van der Waals surface area contributed by atoms with E-state index in [1.54, 1.807) is 49.4 Å². The molecule has 2 aliphatic rings. The van der Waals surface area contributed by atoms with Gasteiger partial charge in [-0.15, -0.1) is 0 Å². The first-order valence-electron chi connectivity index (χ1n) is 12.2. The van der Waals surface area contributed by atoms with Gasteiger partial charge in [-0.25, -0.2) is 8.42 Å². The molecule has 2 aromatic rings. The number of sulfonamides is 1. The highest BCUT2D eigenvalue weighted by atomic mass is 35.5. The summed E-state index contributed by atoms with van der Waals surface area (Å²) in [6, 6.07) is 9.90. The molecule has 0 bridgehead atoms. The lowest BCUT2D eigenvalue weighted by Crippen LogP contribution is -2.40. The standard InChI is InChI=1S/C26H31ClN4O5S/c1-2-35-25(32)16-37(33,34)31-20(7-6-17-4-3-5-18(12-17)26(28)29)13-19-14-24(22(27)15-23(19)31)36-21-8-10-30-11-9-21/h3-7,12,14-15,20-21,30H,2,8-11,13,16H2,1H3,(H3,28,29)/b7-6+. The van der Waals surface area contributed by atoms with Crippen LogP contribution in [0.4, 0.5) is 5.69 Å². The molecule has 1 saturated heterocycles. The van der Waals surface area contributed by atoms with Crippen molar-refractivity contribution < 1.29 is 22.7 Å². The number of amidine groups is 1. The van der Waals surface area contributed by atoms with E-state index in [-0.39, 0.29) is 18.5 Å². The van der Waals surface area contributed by atoms with Crippen molar-refractivity contribution in [2.45, 2.75) is 38.3 Å². The van der Waals surface area contributed by atoms with Gasteiger partial charge in [0.1, 0.15) is 17.7 Å². The number of nitrogen functional groups attached to an aromatic ring is 1. The summed E-state index contributed by atoms with van der Waals surface area (Å²) in [6.07, 6.45) is 5.68. The number of nitrogens with zero attached hydrogens (tertiary/aromatic N) is 1. The number of rotatable bonds is 9. The van der Waals surface area contributed by atoms with E-state index in [4.69, 9.17) is 32.2 Å². The van der Waals surface area contributed by atoms with Crippen molar-refractivity contribution in [1.29, 1.82) is 5.41 Å². The quantitative estimate of drug-likeness (QED) is 0.250. The Morgan fingerprint density at radius 2 is 2.03 bits per heavy atom. The van der Waals surface area contributed by atoms with Crippen LogP contribution in [0.2, 0.25) is 5.02 Å². The Morgan fingerprint density at radius 3 is 2.73 bits per heavy atom. The number of piperidine rings is 1. The van der Waals surface area contributed by atoms with Crippen molar-refractivity contribution in [3.8, 4) is 5.75 Å². The maximum absolute atomic E-state index is 13.4. The van der Waals surface area contributed by atoms with Crippen LogP contribution in [0.25, 0.3) is 6.08 Å². The second-order valence-electron chi connectivity index (χ2n) is 9.01. The summed E-state index contributed by atoms with van der Waals surface area (Å²) >= 11 is 6.56. The minimum absolute atomic E-state index is 0.0334. The van der Waals surface area contributed by atoms with E-state index in [1.165, 1.54) is 4.31 Å². The number of nitrogens with two attached hydrogens (primary N) is 1. The van der Waals surface area contributed by atoms with Gasteiger partial charge in [0.25, 0.3) is 0 Å². The van der Waals surface area contributed by atoms with Gasteiger partial charge >= 0.3 is 5.97 Å². The molecule has 1 unspecified atom stereocenters. The number of nitrogens with one attached hydrogen (secondary N) is 2. The topological polar surface area (TPSA) is 135 Å². The van der Waals surface area contributed by atoms with Crippen LogP contribution >= 0.6 is 11.6 Å². The molecule has 37 heavy (non-hydrogen) atoms. The number of benzene rings is 2. The van der Waals surface area contributed by atoms with Crippen molar-refractivity contribution in [1.82, 2.24) is 5.32 Å². The molecule has 2 heterocycles. The van der Waals surface area contributed by atoms with E-state index >= 15 is 0 Å². The number of hydrogen-bond donors (Lipinski definition) is 3. The van der Waals surface area contributed by atoms with Crippen LogP contribution in [0, 0.1) is 5.41 Å². The zero-order valence-electron chi connectivity index (χ0n) is 20.6. The van der Waals surface area contributed by atoms with Gasteiger partial charge in [0, 0.05) is 5.56 Å². The highest BCUT2D eigenvalue weighted by Gasteiger charge is 2.38. The molecule has 0 aromatic heterocycles. The van der Waals surface area contributed by atoms with Gasteiger partial charge in [-0.2, -0.15) is 0 Å². The fourth-order valence-electron chi connectivity index (χ4n) is 4.58. The average molecular weight is 547 g/mol. The molecular weight excluding hydrogens is 516 g/mol. The maximum Gasteiger partial charge on any atom is 0.323 e. The van der Waals surface area contributed by atoms with E-state index in [1.807, 2.05) is 6.07 Å². The molecule has 1 atom stereocenters. The molecule has 4 N–H and O–H groups in total. The summed E-state index contributed by atoms with van der Waals surface area (Å²) in [5, 5.41) is 11.3. The minimum atomic E-state index is -4.08. The highest BCUT2D eigenvalue weighted by molar-refractivity contribution is 7.93. The summed E-state index contributed by atoms with van der Waals surface area (Å²) in [5.41, 5.74) is 8.11. The SMILES string of the molecule is CCOC(=O)CS(=O)(=O)N1c2cc(Cl)c(OC3CCNCC3)cc2CC1/C=C/c1cccc(C(=N)N)c1. The zero-order chi connectivity index (χ0) is 26.6. The van der Waals surface area contributed by atoms with Crippen LogP contribution < -0.4 is 20.1 Å². The third-order valence-electron chi connectivity index (χ3n) is 6.29. The van der Waals surface area contributed by atoms with Crippen molar-refractivity contribution >= 4 is 45.2 Å². The third kappa shape index (κ3) is 6.44. The van der Waals surface area contributed by atoms with Gasteiger partial charge in [-0.1, -0.05) is 42.0 Å². The monoisotopic (exact) mass is 546 g/mol.